The molecule has 2 aromatic carbocycles. The van der Waals surface area contributed by atoms with E-state index in [-0.39, 0.29) is 48.5 Å². The molecule has 1 aliphatic heterocycles. The van der Waals surface area contributed by atoms with Crippen molar-refractivity contribution in [2.24, 2.45) is 0 Å². The van der Waals surface area contributed by atoms with E-state index in [9.17, 15) is 22.4 Å². The first-order valence-corrected chi connectivity index (χ1v) is 13.3. The Morgan fingerprint density at radius 3 is 2.49 bits per heavy atom. The summed E-state index contributed by atoms with van der Waals surface area (Å²) in [6.07, 6.45) is 2.93. The fourth-order valence-electron chi connectivity index (χ4n) is 4.59. The molecule has 5 rings (SSSR count). The normalized spacial score (nSPS) is 17.5. The lowest BCUT2D eigenvalue weighted by atomic mass is 10.2. The van der Waals surface area contributed by atoms with Crippen LogP contribution in [-0.4, -0.2) is 59.3 Å². The molecule has 8 nitrogen and oxygen atoms in total. The monoisotopic (exact) mass is 498 g/mol. The van der Waals surface area contributed by atoms with Crippen molar-refractivity contribution in [1.29, 1.82) is 0 Å². The van der Waals surface area contributed by atoms with Crippen LogP contribution in [0.25, 0.3) is 10.9 Å². The second-order valence-electron chi connectivity index (χ2n) is 9.04. The van der Waals surface area contributed by atoms with E-state index in [1.165, 1.54) is 16.4 Å². The lowest BCUT2D eigenvalue weighted by molar-refractivity contribution is -0.131. The molecule has 0 N–H and O–H groups in total. The molecule has 35 heavy (non-hydrogen) atoms. The van der Waals surface area contributed by atoms with Gasteiger partial charge in [-0.3, -0.25) is 14.2 Å². The molecule has 1 aliphatic carbocycles. The molecule has 3 aromatic rings. The third-order valence-corrected chi connectivity index (χ3v) is 8.53. The zero-order valence-electron chi connectivity index (χ0n) is 19.3. The van der Waals surface area contributed by atoms with Gasteiger partial charge in [0.2, 0.25) is 15.9 Å². The molecule has 1 saturated carbocycles. The number of aromatic nitrogens is 2. The molecule has 1 aromatic heterocycles. The summed E-state index contributed by atoms with van der Waals surface area (Å²) in [6.45, 7) is 1.19. The topological polar surface area (TPSA) is 92.6 Å². The second-order valence-corrected chi connectivity index (χ2v) is 11.0. The van der Waals surface area contributed by atoms with Gasteiger partial charge in [0, 0.05) is 45.1 Å². The van der Waals surface area contributed by atoms with Crippen molar-refractivity contribution >= 4 is 26.8 Å². The lowest BCUT2D eigenvalue weighted by Crippen LogP contribution is -2.37. The van der Waals surface area contributed by atoms with Gasteiger partial charge in [0.25, 0.3) is 5.56 Å². The van der Waals surface area contributed by atoms with E-state index in [1.807, 2.05) is 18.2 Å². The van der Waals surface area contributed by atoms with E-state index in [1.54, 1.807) is 15.5 Å². The number of nitrogens with zero attached hydrogens (tertiary/aromatic N) is 4. The molecule has 2 aliphatic rings. The molecule has 184 valence electrons. The molecule has 0 bridgehead atoms. The third kappa shape index (κ3) is 4.85. The molecule has 2 fully saturated rings. The van der Waals surface area contributed by atoms with Crippen molar-refractivity contribution in [3.8, 4) is 0 Å². The number of benzene rings is 2. The Morgan fingerprint density at radius 2 is 1.74 bits per heavy atom. The molecule has 10 heteroatoms. The highest BCUT2D eigenvalue weighted by Crippen LogP contribution is 2.35. The Morgan fingerprint density at radius 1 is 1.00 bits per heavy atom. The van der Waals surface area contributed by atoms with Gasteiger partial charge in [-0.05, 0) is 55.7 Å². The Bertz CT molecular complexity index is 1420. The van der Waals surface area contributed by atoms with E-state index < -0.39 is 15.8 Å². The van der Waals surface area contributed by atoms with Crippen LogP contribution in [0.15, 0.2) is 58.2 Å². The number of para-hydroxylation sites is 1. The molecule has 1 saturated heterocycles. The van der Waals surface area contributed by atoms with Gasteiger partial charge < -0.3 is 4.90 Å². The maximum Gasteiger partial charge on any atom is 0.261 e. The van der Waals surface area contributed by atoms with Crippen molar-refractivity contribution in [2.45, 2.75) is 43.0 Å². The number of sulfonamides is 1. The Labute approximate surface area is 203 Å². The van der Waals surface area contributed by atoms with E-state index in [0.29, 0.717) is 36.1 Å². The van der Waals surface area contributed by atoms with Crippen LogP contribution >= 0.6 is 0 Å². The predicted molar refractivity (Wildman–Crippen MR) is 129 cm³/mol. The average Bonchev–Trinajstić information content (AvgIpc) is 3.70. The van der Waals surface area contributed by atoms with Gasteiger partial charge in [0.15, 0.2) is 0 Å². The summed E-state index contributed by atoms with van der Waals surface area (Å²) in [5, 5.41) is 0.587. The summed E-state index contributed by atoms with van der Waals surface area (Å²) in [4.78, 5) is 32.5. The molecule has 0 unspecified atom stereocenters. The van der Waals surface area contributed by atoms with Gasteiger partial charge in [-0.15, -0.1) is 0 Å². The fourth-order valence-corrected chi connectivity index (χ4v) is 6.06. The number of hydrogen-bond donors (Lipinski definition) is 0. The van der Waals surface area contributed by atoms with Crippen LogP contribution in [-0.2, 0) is 21.2 Å². The number of carbonyl (C=O) groups is 1. The zero-order chi connectivity index (χ0) is 24.6. The Hall–Kier alpha value is -3.11. The molecule has 0 atom stereocenters. The summed E-state index contributed by atoms with van der Waals surface area (Å²) in [7, 11) is -3.76. The van der Waals surface area contributed by atoms with Crippen LogP contribution in [0.3, 0.4) is 0 Å². The van der Waals surface area contributed by atoms with Crippen LogP contribution < -0.4 is 5.56 Å². The third-order valence-electron chi connectivity index (χ3n) is 6.61. The summed E-state index contributed by atoms with van der Waals surface area (Å²) in [5.74, 6) is 0.0419. The van der Waals surface area contributed by atoms with Crippen molar-refractivity contribution in [1.82, 2.24) is 18.8 Å². The summed E-state index contributed by atoms with van der Waals surface area (Å²) >= 11 is 0. The zero-order valence-corrected chi connectivity index (χ0v) is 20.1. The first-order chi connectivity index (χ1) is 16.8. The molecule has 0 spiro atoms. The molecule has 0 radical (unpaired) electrons. The molecule has 2 heterocycles. The van der Waals surface area contributed by atoms with Crippen molar-refractivity contribution in [2.75, 3.05) is 26.2 Å². The largest absolute Gasteiger partial charge is 0.341 e. The minimum atomic E-state index is -3.76. The number of hydrogen-bond acceptors (Lipinski definition) is 5. The van der Waals surface area contributed by atoms with Crippen molar-refractivity contribution < 1.29 is 17.6 Å². The van der Waals surface area contributed by atoms with Crippen molar-refractivity contribution in [3.63, 3.8) is 0 Å². The van der Waals surface area contributed by atoms with Gasteiger partial charge >= 0.3 is 0 Å². The van der Waals surface area contributed by atoms with Gasteiger partial charge in [-0.1, -0.05) is 12.1 Å². The van der Waals surface area contributed by atoms with Crippen LogP contribution in [0.5, 0.6) is 0 Å². The summed E-state index contributed by atoms with van der Waals surface area (Å²) < 4.78 is 42.2. The smallest absolute Gasteiger partial charge is 0.261 e. The summed E-state index contributed by atoms with van der Waals surface area (Å²) in [5.41, 5.74) is 0.574. The van der Waals surface area contributed by atoms with Crippen LogP contribution in [0.2, 0.25) is 0 Å². The highest BCUT2D eigenvalue weighted by atomic mass is 32.2. The Balaban J connectivity index is 1.27. The van der Waals surface area contributed by atoms with Gasteiger partial charge in [0.1, 0.15) is 11.6 Å². The highest BCUT2D eigenvalue weighted by molar-refractivity contribution is 7.89. The SMILES string of the molecule is O=C(CCc1nc2ccccc2c(=O)n1C1CC1)N1CCCN(S(=O)(=O)c2ccc(F)cc2)CC1. The van der Waals surface area contributed by atoms with Gasteiger partial charge in [-0.25, -0.2) is 17.8 Å². The molecule has 1 amide bonds. The number of amides is 1. The number of carbonyl (C=O) groups excluding carboxylic acids is 1. The fraction of sp³-hybridized carbons (Fsp3) is 0.400. The standard InChI is InChI=1S/C25H27FN4O4S/c26-18-6-10-20(11-7-18)35(33,34)29-15-3-14-28(16-17-29)24(31)13-12-23-27-22-5-2-1-4-21(22)25(32)30(23)19-8-9-19/h1-2,4-7,10-11,19H,3,8-9,12-17H2. The first kappa shape index (κ1) is 23.6. The number of fused-ring (bicyclic) bond motifs is 1. The van der Waals surface area contributed by atoms with E-state index >= 15 is 0 Å². The van der Waals surface area contributed by atoms with E-state index in [2.05, 4.69) is 0 Å². The highest BCUT2D eigenvalue weighted by Gasteiger charge is 2.30. The Kier molecular flexibility index (Phi) is 6.41. The van der Waals surface area contributed by atoms with Gasteiger partial charge in [-0.2, -0.15) is 4.31 Å². The van der Waals surface area contributed by atoms with Crippen LogP contribution in [0.1, 0.15) is 37.5 Å². The number of halogens is 1. The van der Waals surface area contributed by atoms with Crippen molar-refractivity contribution in [3.05, 3.63) is 70.5 Å². The predicted octanol–water partition coefficient (Wildman–Crippen LogP) is 2.73. The average molecular weight is 499 g/mol. The van der Waals surface area contributed by atoms with Crippen LogP contribution in [0, 0.1) is 5.82 Å². The maximum atomic E-state index is 13.2. The van der Waals surface area contributed by atoms with E-state index in [0.717, 1.165) is 25.0 Å². The number of rotatable bonds is 6. The molecular weight excluding hydrogens is 471 g/mol. The minimum absolute atomic E-state index is 0.0408. The quantitative estimate of drug-likeness (QED) is 0.521. The maximum absolute atomic E-state index is 13.2. The number of aryl methyl sites for hydroxylation is 1. The minimum Gasteiger partial charge on any atom is -0.341 e. The summed E-state index contributed by atoms with van der Waals surface area (Å²) in [6, 6.07) is 12.2. The van der Waals surface area contributed by atoms with E-state index in [4.69, 9.17) is 4.98 Å². The second kappa shape index (κ2) is 9.50. The first-order valence-electron chi connectivity index (χ1n) is 11.9. The molecular formula is C25H27FN4O4S. The lowest BCUT2D eigenvalue weighted by Gasteiger charge is -2.22. The van der Waals surface area contributed by atoms with Gasteiger partial charge in [0.05, 0.1) is 15.8 Å². The van der Waals surface area contributed by atoms with Crippen LogP contribution in [0.4, 0.5) is 4.39 Å².